The summed E-state index contributed by atoms with van der Waals surface area (Å²) in [6.45, 7) is -0.217. The van der Waals surface area contributed by atoms with Crippen LogP contribution in [0.5, 0.6) is 11.5 Å². The van der Waals surface area contributed by atoms with Gasteiger partial charge in [-0.2, -0.15) is 0 Å². The molecule has 0 radical (unpaired) electrons. The highest BCUT2D eigenvalue weighted by Crippen LogP contribution is 2.34. The van der Waals surface area contributed by atoms with Crippen LogP contribution in [0, 0.1) is 0 Å². The molecule has 3 aromatic heterocycles. The maximum absolute atomic E-state index is 13.2. The van der Waals surface area contributed by atoms with Gasteiger partial charge in [0.25, 0.3) is 5.56 Å². The van der Waals surface area contributed by atoms with Crippen LogP contribution in [0.1, 0.15) is 5.69 Å². The predicted octanol–water partition coefficient (Wildman–Crippen LogP) is 1.37. The van der Waals surface area contributed by atoms with Gasteiger partial charge in [-0.25, -0.2) is 9.78 Å². The van der Waals surface area contributed by atoms with Crippen LogP contribution in [0.2, 0.25) is 0 Å². The molecular formula is C22H17N5O5. The molecule has 10 nitrogen and oxygen atoms in total. The van der Waals surface area contributed by atoms with Crippen molar-refractivity contribution in [1.29, 1.82) is 0 Å². The van der Waals surface area contributed by atoms with Gasteiger partial charge in [-0.15, -0.1) is 0 Å². The van der Waals surface area contributed by atoms with Crippen LogP contribution < -0.4 is 26.0 Å². The summed E-state index contributed by atoms with van der Waals surface area (Å²) in [5.41, 5.74) is 0.250. The zero-order chi connectivity index (χ0) is 22.1. The van der Waals surface area contributed by atoms with Gasteiger partial charge >= 0.3 is 5.69 Å². The lowest BCUT2D eigenvalue weighted by Crippen LogP contribution is -2.42. The normalized spacial score (nSPS) is 12.1. The van der Waals surface area contributed by atoms with Gasteiger partial charge in [0.1, 0.15) is 6.54 Å². The average molecular weight is 431 g/mol. The average Bonchev–Trinajstić information content (AvgIpc) is 3.28. The van der Waals surface area contributed by atoms with Crippen molar-refractivity contribution in [2.24, 2.45) is 0 Å². The molecule has 0 atom stereocenters. The number of aromatic nitrogens is 4. The Morgan fingerprint density at radius 3 is 2.66 bits per heavy atom. The minimum absolute atomic E-state index is 0.0329. The third kappa shape index (κ3) is 3.58. The Bertz CT molecular complexity index is 1450. The summed E-state index contributed by atoms with van der Waals surface area (Å²) in [6.07, 6.45) is 3.05. The van der Waals surface area contributed by atoms with Crippen molar-refractivity contribution in [1.82, 2.24) is 19.1 Å². The minimum atomic E-state index is -0.623. The molecular weight excluding hydrogens is 414 g/mol. The molecule has 0 saturated heterocycles. The number of nitrogens with zero attached hydrogens (tertiary/aromatic N) is 4. The van der Waals surface area contributed by atoms with Crippen molar-refractivity contribution in [2.75, 3.05) is 12.1 Å². The van der Waals surface area contributed by atoms with Gasteiger partial charge in [-0.05, 0) is 36.4 Å². The van der Waals surface area contributed by atoms with Gasteiger partial charge in [-0.3, -0.25) is 23.7 Å². The number of fused-ring (bicyclic) bond motifs is 2. The van der Waals surface area contributed by atoms with E-state index < -0.39 is 17.2 Å². The SMILES string of the molecule is O=C(Cn1c(=O)n(Cc2ccccn2)c(=O)c2ncccc21)Nc1ccc2c(c1)OCO2. The lowest BCUT2D eigenvalue weighted by molar-refractivity contribution is -0.116. The number of hydrogen-bond acceptors (Lipinski definition) is 7. The number of pyridine rings is 2. The largest absolute Gasteiger partial charge is 0.454 e. The van der Waals surface area contributed by atoms with Crippen LogP contribution in [-0.2, 0) is 17.9 Å². The second-order valence-corrected chi connectivity index (χ2v) is 7.07. The molecule has 160 valence electrons. The van der Waals surface area contributed by atoms with E-state index in [1.165, 1.54) is 10.8 Å². The molecule has 1 amide bonds. The molecule has 1 N–H and O–H groups in total. The van der Waals surface area contributed by atoms with Gasteiger partial charge < -0.3 is 14.8 Å². The summed E-state index contributed by atoms with van der Waals surface area (Å²) in [7, 11) is 0. The fraction of sp³-hybridized carbons (Fsp3) is 0.136. The topological polar surface area (TPSA) is 117 Å². The lowest BCUT2D eigenvalue weighted by Gasteiger charge is -2.13. The number of ether oxygens (including phenoxy) is 2. The Morgan fingerprint density at radius 1 is 0.969 bits per heavy atom. The first-order valence-corrected chi connectivity index (χ1v) is 9.78. The smallest absolute Gasteiger partial charge is 0.332 e. The van der Waals surface area contributed by atoms with E-state index >= 15 is 0 Å². The maximum Gasteiger partial charge on any atom is 0.332 e. The minimum Gasteiger partial charge on any atom is -0.454 e. The number of rotatable bonds is 5. The van der Waals surface area contributed by atoms with Crippen LogP contribution in [0.15, 0.2) is 70.5 Å². The number of anilines is 1. The van der Waals surface area contributed by atoms with E-state index in [0.717, 1.165) is 4.57 Å². The molecule has 1 aliphatic rings. The van der Waals surface area contributed by atoms with Gasteiger partial charge in [0.2, 0.25) is 12.7 Å². The zero-order valence-corrected chi connectivity index (χ0v) is 16.7. The Labute approximate surface area is 180 Å². The van der Waals surface area contributed by atoms with Crippen LogP contribution in [0.3, 0.4) is 0 Å². The molecule has 0 spiro atoms. The first kappa shape index (κ1) is 19.5. The molecule has 0 saturated carbocycles. The van der Waals surface area contributed by atoms with Crippen molar-refractivity contribution in [3.63, 3.8) is 0 Å². The van der Waals surface area contributed by atoms with Gasteiger partial charge in [0.15, 0.2) is 17.0 Å². The van der Waals surface area contributed by atoms with E-state index in [4.69, 9.17) is 9.47 Å². The molecule has 10 heteroatoms. The van der Waals surface area contributed by atoms with Crippen molar-refractivity contribution in [3.8, 4) is 11.5 Å². The summed E-state index contributed by atoms with van der Waals surface area (Å²) >= 11 is 0. The summed E-state index contributed by atoms with van der Waals surface area (Å²) in [6, 6.07) is 13.4. The number of nitrogens with one attached hydrogen (secondary N) is 1. The standard InChI is InChI=1S/C22H17N5O5/c28-19(25-14-6-7-17-18(10-14)32-13-31-17)12-26-16-5-3-9-24-20(16)21(29)27(22(26)30)11-15-4-1-2-8-23-15/h1-10H,11-13H2,(H,25,28). The highest BCUT2D eigenvalue weighted by atomic mass is 16.7. The highest BCUT2D eigenvalue weighted by molar-refractivity contribution is 5.91. The molecule has 5 rings (SSSR count). The van der Waals surface area contributed by atoms with Crippen LogP contribution in [0.25, 0.3) is 11.0 Å². The second kappa shape index (κ2) is 7.99. The lowest BCUT2D eigenvalue weighted by atomic mass is 10.2. The van der Waals surface area contributed by atoms with Crippen molar-refractivity contribution >= 4 is 22.6 Å². The summed E-state index contributed by atoms with van der Waals surface area (Å²) < 4.78 is 12.9. The molecule has 32 heavy (non-hydrogen) atoms. The van der Waals surface area contributed by atoms with E-state index in [2.05, 4.69) is 15.3 Å². The molecule has 4 aromatic rings. The van der Waals surface area contributed by atoms with E-state index in [-0.39, 0.29) is 30.9 Å². The third-order valence-corrected chi connectivity index (χ3v) is 4.99. The van der Waals surface area contributed by atoms with E-state index in [1.807, 2.05) is 0 Å². The number of benzene rings is 1. The van der Waals surface area contributed by atoms with Crippen molar-refractivity contribution in [3.05, 3.63) is 87.5 Å². The van der Waals surface area contributed by atoms with Crippen LogP contribution in [-0.4, -0.2) is 31.8 Å². The van der Waals surface area contributed by atoms with Crippen molar-refractivity contribution in [2.45, 2.75) is 13.1 Å². The maximum atomic E-state index is 13.2. The summed E-state index contributed by atoms with van der Waals surface area (Å²) in [4.78, 5) is 47.2. The van der Waals surface area contributed by atoms with E-state index in [0.29, 0.717) is 22.9 Å². The van der Waals surface area contributed by atoms with Crippen LogP contribution >= 0.6 is 0 Å². The van der Waals surface area contributed by atoms with Gasteiger partial charge in [0, 0.05) is 24.1 Å². The van der Waals surface area contributed by atoms with Crippen LogP contribution in [0.4, 0.5) is 5.69 Å². The first-order chi connectivity index (χ1) is 15.6. The Balaban J connectivity index is 1.50. The van der Waals surface area contributed by atoms with E-state index in [1.54, 1.807) is 54.7 Å². The number of amides is 1. The number of hydrogen-bond donors (Lipinski definition) is 1. The second-order valence-electron chi connectivity index (χ2n) is 7.07. The molecule has 0 unspecified atom stereocenters. The highest BCUT2D eigenvalue weighted by Gasteiger charge is 2.18. The monoisotopic (exact) mass is 431 g/mol. The Kier molecular flexibility index (Phi) is 4.86. The molecule has 0 fully saturated rings. The summed E-state index contributed by atoms with van der Waals surface area (Å²) in [5, 5.41) is 2.74. The van der Waals surface area contributed by atoms with Gasteiger partial charge in [-0.1, -0.05) is 6.07 Å². The summed E-state index contributed by atoms with van der Waals surface area (Å²) in [5.74, 6) is 0.676. The molecule has 1 aliphatic heterocycles. The molecule has 4 heterocycles. The van der Waals surface area contributed by atoms with E-state index in [9.17, 15) is 14.4 Å². The Hall–Kier alpha value is -4.47. The predicted molar refractivity (Wildman–Crippen MR) is 115 cm³/mol. The van der Waals surface area contributed by atoms with Gasteiger partial charge in [0.05, 0.1) is 17.8 Å². The quantitative estimate of drug-likeness (QED) is 0.507. The van der Waals surface area contributed by atoms with Crippen molar-refractivity contribution < 1.29 is 14.3 Å². The fourth-order valence-corrected chi connectivity index (χ4v) is 3.51. The number of carbonyl (C=O) groups is 1. The Morgan fingerprint density at radius 2 is 1.81 bits per heavy atom. The molecule has 1 aromatic carbocycles. The molecule has 0 aliphatic carbocycles. The zero-order valence-electron chi connectivity index (χ0n) is 16.7. The molecule has 0 bridgehead atoms. The number of carbonyl (C=O) groups excluding carboxylic acids is 1. The third-order valence-electron chi connectivity index (χ3n) is 4.99. The fourth-order valence-electron chi connectivity index (χ4n) is 3.51. The first-order valence-electron chi connectivity index (χ1n) is 9.78.